The maximum absolute atomic E-state index is 5.60. The van der Waals surface area contributed by atoms with Crippen LogP contribution in [0.3, 0.4) is 0 Å². The molecule has 3 N–H and O–H groups in total. The van der Waals surface area contributed by atoms with Crippen LogP contribution in [-0.4, -0.2) is 22.6 Å². The Kier molecular flexibility index (Phi) is 3.88. The fourth-order valence-corrected chi connectivity index (χ4v) is 1.89. The number of anilines is 1. The SMILES string of the molecule is CCC(CCN)Nc1ncnc2ccccc12. The van der Waals surface area contributed by atoms with Crippen LogP contribution >= 0.6 is 0 Å². The van der Waals surface area contributed by atoms with E-state index >= 15 is 0 Å². The number of nitrogens with two attached hydrogens (primary N) is 1. The normalized spacial score (nSPS) is 12.6. The lowest BCUT2D eigenvalue weighted by atomic mass is 10.1. The molecule has 4 nitrogen and oxygen atoms in total. The maximum Gasteiger partial charge on any atom is 0.137 e. The zero-order valence-electron chi connectivity index (χ0n) is 10.1. The maximum atomic E-state index is 5.60. The molecule has 2 aromatic rings. The molecular weight excluding hydrogens is 212 g/mol. The Balaban J connectivity index is 2.28. The first-order valence-electron chi connectivity index (χ1n) is 6.01. The molecule has 1 unspecified atom stereocenters. The highest BCUT2D eigenvalue weighted by molar-refractivity contribution is 5.88. The monoisotopic (exact) mass is 230 g/mol. The Hall–Kier alpha value is -1.68. The van der Waals surface area contributed by atoms with E-state index in [0.717, 1.165) is 29.6 Å². The van der Waals surface area contributed by atoms with Gasteiger partial charge in [-0.25, -0.2) is 9.97 Å². The molecule has 0 amide bonds. The summed E-state index contributed by atoms with van der Waals surface area (Å²) in [6.07, 6.45) is 3.59. The van der Waals surface area contributed by atoms with Crippen molar-refractivity contribution in [2.24, 2.45) is 5.73 Å². The molecule has 1 heterocycles. The molecule has 1 aromatic heterocycles. The predicted octanol–water partition coefficient (Wildman–Crippen LogP) is 2.17. The van der Waals surface area contributed by atoms with E-state index in [4.69, 9.17) is 5.73 Å². The Morgan fingerprint density at radius 1 is 1.29 bits per heavy atom. The van der Waals surface area contributed by atoms with Gasteiger partial charge in [-0.2, -0.15) is 0 Å². The van der Waals surface area contributed by atoms with Gasteiger partial charge in [0.1, 0.15) is 12.1 Å². The van der Waals surface area contributed by atoms with Crippen LogP contribution in [0.15, 0.2) is 30.6 Å². The molecule has 90 valence electrons. The van der Waals surface area contributed by atoms with E-state index in [2.05, 4.69) is 22.2 Å². The first-order valence-corrected chi connectivity index (χ1v) is 6.01. The van der Waals surface area contributed by atoms with Gasteiger partial charge in [-0.15, -0.1) is 0 Å². The quantitative estimate of drug-likeness (QED) is 0.826. The Labute approximate surface area is 101 Å². The summed E-state index contributed by atoms with van der Waals surface area (Å²) in [6.45, 7) is 2.84. The number of nitrogens with one attached hydrogen (secondary N) is 1. The van der Waals surface area contributed by atoms with E-state index in [1.807, 2.05) is 24.3 Å². The van der Waals surface area contributed by atoms with E-state index in [1.165, 1.54) is 0 Å². The molecule has 1 atom stereocenters. The van der Waals surface area contributed by atoms with Crippen molar-refractivity contribution >= 4 is 16.7 Å². The molecule has 0 aliphatic heterocycles. The third kappa shape index (κ3) is 2.71. The minimum atomic E-state index is 0.373. The summed E-state index contributed by atoms with van der Waals surface area (Å²) >= 11 is 0. The van der Waals surface area contributed by atoms with E-state index in [-0.39, 0.29) is 0 Å². The zero-order valence-corrected chi connectivity index (χ0v) is 10.1. The molecule has 0 bridgehead atoms. The summed E-state index contributed by atoms with van der Waals surface area (Å²) in [5.41, 5.74) is 6.56. The van der Waals surface area contributed by atoms with Gasteiger partial charge in [0.2, 0.25) is 0 Å². The van der Waals surface area contributed by atoms with Crippen LogP contribution in [0.5, 0.6) is 0 Å². The van der Waals surface area contributed by atoms with Crippen molar-refractivity contribution in [3.05, 3.63) is 30.6 Å². The summed E-state index contributed by atoms with van der Waals surface area (Å²) in [4.78, 5) is 8.56. The van der Waals surface area contributed by atoms with Crippen molar-refractivity contribution in [2.75, 3.05) is 11.9 Å². The lowest BCUT2D eigenvalue weighted by Gasteiger charge is -2.17. The molecule has 0 aliphatic carbocycles. The summed E-state index contributed by atoms with van der Waals surface area (Å²) in [5.74, 6) is 0.899. The predicted molar refractivity (Wildman–Crippen MR) is 70.9 cm³/mol. The molecule has 0 radical (unpaired) electrons. The molecule has 17 heavy (non-hydrogen) atoms. The Bertz CT molecular complexity index is 478. The molecule has 2 rings (SSSR count). The van der Waals surface area contributed by atoms with Gasteiger partial charge in [0.25, 0.3) is 0 Å². The van der Waals surface area contributed by atoms with Crippen LogP contribution in [0.2, 0.25) is 0 Å². The molecular formula is C13H18N4. The van der Waals surface area contributed by atoms with Gasteiger partial charge in [-0.3, -0.25) is 0 Å². The number of benzene rings is 1. The molecule has 0 aliphatic rings. The van der Waals surface area contributed by atoms with Crippen molar-refractivity contribution in [3.63, 3.8) is 0 Å². The zero-order chi connectivity index (χ0) is 12.1. The van der Waals surface area contributed by atoms with Crippen LogP contribution < -0.4 is 11.1 Å². The first-order chi connectivity index (χ1) is 8.35. The van der Waals surface area contributed by atoms with Crippen LogP contribution in [0.25, 0.3) is 10.9 Å². The molecule has 4 heteroatoms. The van der Waals surface area contributed by atoms with Crippen LogP contribution in [0.1, 0.15) is 19.8 Å². The number of hydrogen-bond donors (Lipinski definition) is 2. The third-order valence-corrected chi connectivity index (χ3v) is 2.89. The van der Waals surface area contributed by atoms with Crippen molar-refractivity contribution in [3.8, 4) is 0 Å². The summed E-state index contributed by atoms with van der Waals surface area (Å²) in [7, 11) is 0. The molecule has 0 spiro atoms. The lowest BCUT2D eigenvalue weighted by molar-refractivity contribution is 0.640. The molecule has 1 aromatic carbocycles. The van der Waals surface area contributed by atoms with Crippen molar-refractivity contribution in [1.82, 2.24) is 9.97 Å². The number of aromatic nitrogens is 2. The van der Waals surface area contributed by atoms with Crippen LogP contribution in [0, 0.1) is 0 Å². The third-order valence-electron chi connectivity index (χ3n) is 2.89. The number of para-hydroxylation sites is 1. The number of nitrogens with zero attached hydrogens (tertiary/aromatic N) is 2. The Morgan fingerprint density at radius 3 is 2.88 bits per heavy atom. The van der Waals surface area contributed by atoms with Gasteiger partial charge < -0.3 is 11.1 Å². The number of fused-ring (bicyclic) bond motifs is 1. The highest BCUT2D eigenvalue weighted by atomic mass is 15.0. The standard InChI is InChI=1S/C13H18N4/c1-2-10(7-8-14)17-13-11-5-3-4-6-12(11)15-9-16-13/h3-6,9-10H,2,7-8,14H2,1H3,(H,15,16,17). The van der Waals surface area contributed by atoms with Crippen molar-refractivity contribution < 1.29 is 0 Å². The largest absolute Gasteiger partial charge is 0.367 e. The van der Waals surface area contributed by atoms with Gasteiger partial charge in [-0.1, -0.05) is 19.1 Å². The topological polar surface area (TPSA) is 63.8 Å². The average Bonchev–Trinajstić information content (AvgIpc) is 2.38. The van der Waals surface area contributed by atoms with Crippen molar-refractivity contribution in [1.29, 1.82) is 0 Å². The molecule has 0 saturated carbocycles. The second kappa shape index (κ2) is 5.59. The molecule has 0 fully saturated rings. The highest BCUT2D eigenvalue weighted by Gasteiger charge is 2.08. The minimum Gasteiger partial charge on any atom is -0.367 e. The lowest BCUT2D eigenvalue weighted by Crippen LogP contribution is -2.22. The molecule has 0 saturated heterocycles. The second-order valence-electron chi connectivity index (χ2n) is 4.07. The average molecular weight is 230 g/mol. The highest BCUT2D eigenvalue weighted by Crippen LogP contribution is 2.19. The van der Waals surface area contributed by atoms with E-state index < -0.39 is 0 Å². The summed E-state index contributed by atoms with van der Waals surface area (Å²) in [6, 6.07) is 8.38. The van der Waals surface area contributed by atoms with Gasteiger partial charge in [-0.05, 0) is 31.5 Å². The van der Waals surface area contributed by atoms with Gasteiger partial charge >= 0.3 is 0 Å². The van der Waals surface area contributed by atoms with Crippen molar-refractivity contribution in [2.45, 2.75) is 25.8 Å². The van der Waals surface area contributed by atoms with E-state index in [0.29, 0.717) is 12.6 Å². The van der Waals surface area contributed by atoms with Gasteiger partial charge in [0.05, 0.1) is 5.52 Å². The number of hydrogen-bond acceptors (Lipinski definition) is 4. The summed E-state index contributed by atoms with van der Waals surface area (Å²) < 4.78 is 0. The van der Waals surface area contributed by atoms with Gasteiger partial charge in [0.15, 0.2) is 0 Å². The fourth-order valence-electron chi connectivity index (χ4n) is 1.89. The minimum absolute atomic E-state index is 0.373. The number of rotatable bonds is 5. The van der Waals surface area contributed by atoms with Gasteiger partial charge in [0, 0.05) is 11.4 Å². The van der Waals surface area contributed by atoms with Crippen LogP contribution in [0.4, 0.5) is 5.82 Å². The summed E-state index contributed by atoms with van der Waals surface area (Å²) in [5, 5.41) is 4.50. The second-order valence-corrected chi connectivity index (χ2v) is 4.07. The first kappa shape index (κ1) is 11.8. The van der Waals surface area contributed by atoms with Crippen LogP contribution in [-0.2, 0) is 0 Å². The smallest absolute Gasteiger partial charge is 0.137 e. The Morgan fingerprint density at radius 2 is 2.12 bits per heavy atom. The van der Waals surface area contributed by atoms with E-state index in [9.17, 15) is 0 Å². The van der Waals surface area contributed by atoms with E-state index in [1.54, 1.807) is 6.33 Å². The fraction of sp³-hybridized carbons (Fsp3) is 0.385.